The molecule has 2 N–H and O–H groups in total. The molecule has 15 heavy (non-hydrogen) atoms. The number of β-amino-alcohol motifs (C(OH)–C–C–N with tert-alkyl or cyclic N) is 1. The van der Waals surface area contributed by atoms with Gasteiger partial charge in [0.05, 0.1) is 6.10 Å². The Kier molecular flexibility index (Phi) is 3.36. The van der Waals surface area contributed by atoms with Gasteiger partial charge in [-0.1, -0.05) is 30.3 Å². The number of aliphatic hydroxyl groups excluding tert-OH is 1. The van der Waals surface area contributed by atoms with Crippen molar-refractivity contribution in [2.24, 2.45) is 0 Å². The first-order valence-corrected chi connectivity index (χ1v) is 5.41. The van der Waals surface area contributed by atoms with Crippen molar-refractivity contribution in [1.82, 2.24) is 10.2 Å². The van der Waals surface area contributed by atoms with Gasteiger partial charge in [-0.3, -0.25) is 4.90 Å². The average molecular weight is 206 g/mol. The van der Waals surface area contributed by atoms with E-state index in [9.17, 15) is 5.11 Å². The van der Waals surface area contributed by atoms with Gasteiger partial charge in [0.2, 0.25) is 0 Å². The Morgan fingerprint density at radius 2 is 2.07 bits per heavy atom. The fourth-order valence-corrected chi connectivity index (χ4v) is 2.12. The van der Waals surface area contributed by atoms with Crippen LogP contribution in [-0.4, -0.2) is 42.3 Å². The van der Waals surface area contributed by atoms with E-state index < -0.39 is 0 Å². The van der Waals surface area contributed by atoms with E-state index in [-0.39, 0.29) is 12.1 Å². The molecule has 1 aromatic carbocycles. The predicted octanol–water partition coefficient (Wildman–Crippen LogP) is 0.451. The molecule has 3 heteroatoms. The Morgan fingerprint density at radius 3 is 2.67 bits per heavy atom. The second-order valence-corrected chi connectivity index (χ2v) is 4.14. The van der Waals surface area contributed by atoms with Gasteiger partial charge >= 0.3 is 0 Å². The molecule has 82 valence electrons. The summed E-state index contributed by atoms with van der Waals surface area (Å²) < 4.78 is 0. The second-order valence-electron chi connectivity index (χ2n) is 4.14. The van der Waals surface area contributed by atoms with Crippen molar-refractivity contribution in [2.45, 2.75) is 18.7 Å². The van der Waals surface area contributed by atoms with E-state index in [2.05, 4.69) is 34.5 Å². The van der Waals surface area contributed by atoms with Crippen LogP contribution in [0, 0.1) is 0 Å². The Balaban J connectivity index is 1.92. The van der Waals surface area contributed by atoms with Crippen molar-refractivity contribution >= 4 is 0 Å². The van der Waals surface area contributed by atoms with Crippen molar-refractivity contribution < 1.29 is 5.11 Å². The van der Waals surface area contributed by atoms with E-state index in [0.29, 0.717) is 0 Å². The number of hydrogen-bond acceptors (Lipinski definition) is 3. The molecule has 1 saturated heterocycles. The number of likely N-dealkylation sites (tertiary alicyclic amines) is 1. The van der Waals surface area contributed by atoms with Crippen molar-refractivity contribution in [3.63, 3.8) is 0 Å². The highest BCUT2D eigenvalue weighted by Gasteiger charge is 2.29. The molecule has 0 bridgehead atoms. The molecule has 0 spiro atoms. The molecule has 0 radical (unpaired) electrons. The lowest BCUT2D eigenvalue weighted by Crippen LogP contribution is -2.36. The normalized spacial score (nSPS) is 27.1. The van der Waals surface area contributed by atoms with Crippen LogP contribution in [0.2, 0.25) is 0 Å². The lowest BCUT2D eigenvalue weighted by molar-refractivity contribution is 0.156. The van der Waals surface area contributed by atoms with Crippen LogP contribution in [0.25, 0.3) is 0 Å². The van der Waals surface area contributed by atoms with E-state index in [0.717, 1.165) is 19.6 Å². The van der Waals surface area contributed by atoms with Crippen LogP contribution >= 0.6 is 0 Å². The number of hydrogen-bond donors (Lipinski definition) is 2. The third-order valence-electron chi connectivity index (χ3n) is 2.98. The number of nitrogens with one attached hydrogen (secondary N) is 1. The average Bonchev–Trinajstić information content (AvgIpc) is 2.60. The molecule has 0 amide bonds. The molecule has 1 aliphatic rings. The summed E-state index contributed by atoms with van der Waals surface area (Å²) in [5, 5.41) is 12.9. The lowest BCUT2D eigenvalue weighted by atomic mass is 10.2. The minimum atomic E-state index is -0.237. The summed E-state index contributed by atoms with van der Waals surface area (Å²) >= 11 is 0. The molecule has 2 rings (SSSR count). The molecule has 0 aromatic heterocycles. The van der Waals surface area contributed by atoms with E-state index in [1.165, 1.54) is 5.56 Å². The topological polar surface area (TPSA) is 35.5 Å². The van der Waals surface area contributed by atoms with Gasteiger partial charge in [-0.25, -0.2) is 0 Å². The maximum absolute atomic E-state index is 9.73. The molecule has 1 fully saturated rings. The minimum absolute atomic E-state index is 0.216. The monoisotopic (exact) mass is 206 g/mol. The number of nitrogens with zero attached hydrogens (tertiary/aromatic N) is 1. The van der Waals surface area contributed by atoms with Crippen LogP contribution in [0.4, 0.5) is 0 Å². The van der Waals surface area contributed by atoms with Gasteiger partial charge < -0.3 is 10.4 Å². The number of rotatable bonds is 3. The SMILES string of the molecule is CNC1CN(Cc2ccccc2)CC1O. The number of likely N-dealkylation sites (N-methyl/N-ethyl adjacent to an activating group) is 1. The predicted molar refractivity (Wildman–Crippen MR) is 60.6 cm³/mol. The molecule has 1 heterocycles. The van der Waals surface area contributed by atoms with Gasteiger partial charge in [0.25, 0.3) is 0 Å². The molecule has 0 saturated carbocycles. The molecular weight excluding hydrogens is 188 g/mol. The van der Waals surface area contributed by atoms with Gasteiger partial charge in [-0.05, 0) is 12.6 Å². The first-order chi connectivity index (χ1) is 7.29. The van der Waals surface area contributed by atoms with Gasteiger partial charge in [0.15, 0.2) is 0 Å². The second kappa shape index (κ2) is 4.75. The van der Waals surface area contributed by atoms with E-state index in [4.69, 9.17) is 0 Å². The zero-order valence-corrected chi connectivity index (χ0v) is 9.06. The highest BCUT2D eigenvalue weighted by atomic mass is 16.3. The van der Waals surface area contributed by atoms with E-state index >= 15 is 0 Å². The molecule has 1 aliphatic heterocycles. The van der Waals surface area contributed by atoms with Crippen molar-refractivity contribution in [2.75, 3.05) is 20.1 Å². The highest BCUT2D eigenvalue weighted by Crippen LogP contribution is 2.13. The van der Waals surface area contributed by atoms with E-state index in [1.54, 1.807) is 0 Å². The zero-order valence-electron chi connectivity index (χ0n) is 9.06. The summed E-state index contributed by atoms with van der Waals surface area (Å²) in [6.45, 7) is 2.61. The molecule has 1 aromatic rings. The summed E-state index contributed by atoms with van der Waals surface area (Å²) in [7, 11) is 1.90. The first kappa shape index (κ1) is 10.6. The standard InChI is InChI=1S/C12H18N2O/c1-13-11-8-14(9-12(11)15)7-10-5-3-2-4-6-10/h2-6,11-13,15H,7-9H2,1H3. The maximum atomic E-state index is 9.73. The molecule has 2 unspecified atom stereocenters. The van der Waals surface area contributed by atoms with Crippen LogP contribution in [0.5, 0.6) is 0 Å². The maximum Gasteiger partial charge on any atom is 0.0832 e. The smallest absolute Gasteiger partial charge is 0.0832 e. The fraction of sp³-hybridized carbons (Fsp3) is 0.500. The van der Waals surface area contributed by atoms with Crippen molar-refractivity contribution in [3.05, 3.63) is 35.9 Å². The van der Waals surface area contributed by atoms with Gasteiger partial charge in [-0.2, -0.15) is 0 Å². The molecule has 3 nitrogen and oxygen atoms in total. The Bertz CT molecular complexity index is 302. The van der Waals surface area contributed by atoms with Crippen molar-refractivity contribution in [1.29, 1.82) is 0 Å². The fourth-order valence-electron chi connectivity index (χ4n) is 2.12. The minimum Gasteiger partial charge on any atom is -0.390 e. The number of benzene rings is 1. The highest BCUT2D eigenvalue weighted by molar-refractivity contribution is 5.14. The Hall–Kier alpha value is -0.900. The van der Waals surface area contributed by atoms with Crippen LogP contribution in [-0.2, 0) is 6.54 Å². The summed E-state index contributed by atoms with van der Waals surface area (Å²) in [6, 6.07) is 10.6. The third-order valence-corrected chi connectivity index (χ3v) is 2.98. The summed E-state index contributed by atoms with van der Waals surface area (Å²) in [4.78, 5) is 2.28. The van der Waals surface area contributed by atoms with Crippen LogP contribution in [0.3, 0.4) is 0 Å². The summed E-state index contributed by atoms with van der Waals surface area (Å²) in [6.07, 6.45) is -0.237. The van der Waals surface area contributed by atoms with Gasteiger partial charge in [0, 0.05) is 25.7 Å². The lowest BCUT2D eigenvalue weighted by Gasteiger charge is -2.15. The van der Waals surface area contributed by atoms with Crippen LogP contribution in [0.1, 0.15) is 5.56 Å². The molecule has 2 atom stereocenters. The summed E-state index contributed by atoms with van der Waals surface area (Å²) in [5.41, 5.74) is 1.31. The van der Waals surface area contributed by atoms with Gasteiger partial charge in [-0.15, -0.1) is 0 Å². The first-order valence-electron chi connectivity index (χ1n) is 5.41. The number of aliphatic hydroxyl groups is 1. The van der Waals surface area contributed by atoms with Gasteiger partial charge in [0.1, 0.15) is 0 Å². The Labute approximate surface area is 90.7 Å². The van der Waals surface area contributed by atoms with Crippen molar-refractivity contribution in [3.8, 4) is 0 Å². The van der Waals surface area contributed by atoms with Crippen LogP contribution in [0.15, 0.2) is 30.3 Å². The largest absolute Gasteiger partial charge is 0.390 e. The van der Waals surface area contributed by atoms with E-state index in [1.807, 2.05) is 13.1 Å². The Morgan fingerprint density at radius 1 is 1.33 bits per heavy atom. The third kappa shape index (κ3) is 2.56. The zero-order chi connectivity index (χ0) is 10.7. The quantitative estimate of drug-likeness (QED) is 0.754. The summed E-state index contributed by atoms with van der Waals surface area (Å²) in [5.74, 6) is 0. The molecular formula is C12H18N2O. The van der Waals surface area contributed by atoms with Crippen LogP contribution < -0.4 is 5.32 Å². The molecule has 0 aliphatic carbocycles.